The molecule has 0 heterocycles. The Hall–Kier alpha value is -2.19. The molecule has 0 fully saturated rings. The number of carbonyl (C=O) groups excluding carboxylic acids is 2. The Bertz CT molecular complexity index is 647. The average molecular weight is 396 g/mol. The molecule has 1 aromatic rings. The number of carbonyl (C=O) groups is 2. The van der Waals surface area contributed by atoms with Gasteiger partial charge in [-0.25, -0.2) is 22.0 Å². The maximum absolute atomic E-state index is 13.4. The molecule has 0 aromatic heterocycles. The molecule has 0 saturated heterocycles. The van der Waals surface area contributed by atoms with Crippen molar-refractivity contribution in [2.24, 2.45) is 5.92 Å². The van der Waals surface area contributed by atoms with E-state index in [1.165, 1.54) is 0 Å². The van der Waals surface area contributed by atoms with E-state index >= 15 is 0 Å². The zero-order valence-electron chi connectivity index (χ0n) is 15.0. The SMILES string of the molecule is CC(C)CCCOC(=O)CCCC(=O)OCc1c(F)c(F)c(F)c(F)c1F. The van der Waals surface area contributed by atoms with E-state index in [0.717, 1.165) is 12.8 Å². The third kappa shape index (κ3) is 7.15. The van der Waals surface area contributed by atoms with Crippen molar-refractivity contribution in [2.75, 3.05) is 6.61 Å². The molecule has 4 nitrogen and oxygen atoms in total. The highest BCUT2D eigenvalue weighted by molar-refractivity contribution is 5.72. The van der Waals surface area contributed by atoms with Gasteiger partial charge in [-0.2, -0.15) is 0 Å². The minimum Gasteiger partial charge on any atom is -0.466 e. The van der Waals surface area contributed by atoms with Crippen molar-refractivity contribution >= 4 is 11.9 Å². The van der Waals surface area contributed by atoms with Gasteiger partial charge in [0.2, 0.25) is 5.82 Å². The number of hydrogen-bond donors (Lipinski definition) is 0. The fraction of sp³-hybridized carbons (Fsp3) is 0.556. The Labute approximate surface area is 153 Å². The van der Waals surface area contributed by atoms with E-state index in [4.69, 9.17) is 4.74 Å². The molecule has 0 aliphatic carbocycles. The van der Waals surface area contributed by atoms with E-state index in [2.05, 4.69) is 4.74 Å². The van der Waals surface area contributed by atoms with Crippen LogP contribution in [-0.4, -0.2) is 18.5 Å². The summed E-state index contributed by atoms with van der Waals surface area (Å²) in [5.41, 5.74) is -1.23. The van der Waals surface area contributed by atoms with Crippen molar-refractivity contribution in [1.29, 1.82) is 0 Å². The summed E-state index contributed by atoms with van der Waals surface area (Å²) in [5, 5.41) is 0. The fourth-order valence-electron chi connectivity index (χ4n) is 2.13. The Balaban J connectivity index is 2.37. The van der Waals surface area contributed by atoms with E-state index < -0.39 is 53.2 Å². The molecule has 0 aliphatic rings. The topological polar surface area (TPSA) is 52.6 Å². The number of rotatable bonds is 10. The van der Waals surface area contributed by atoms with E-state index in [1.807, 2.05) is 13.8 Å². The van der Waals surface area contributed by atoms with Gasteiger partial charge in [0.1, 0.15) is 6.61 Å². The third-order valence-electron chi connectivity index (χ3n) is 3.63. The second-order valence-corrected chi connectivity index (χ2v) is 6.32. The van der Waals surface area contributed by atoms with Crippen molar-refractivity contribution in [2.45, 2.75) is 52.6 Å². The molecule has 0 bridgehead atoms. The summed E-state index contributed by atoms with van der Waals surface area (Å²) in [4.78, 5) is 23.0. The summed E-state index contributed by atoms with van der Waals surface area (Å²) in [5.74, 6) is -11.5. The van der Waals surface area contributed by atoms with Gasteiger partial charge in [-0.1, -0.05) is 13.8 Å². The van der Waals surface area contributed by atoms with Gasteiger partial charge in [0.05, 0.1) is 12.2 Å². The van der Waals surface area contributed by atoms with Gasteiger partial charge in [0, 0.05) is 12.8 Å². The average Bonchev–Trinajstić information content (AvgIpc) is 2.61. The summed E-state index contributed by atoms with van der Waals surface area (Å²) in [6.07, 6.45) is 1.39. The Morgan fingerprint density at radius 1 is 0.778 bits per heavy atom. The van der Waals surface area contributed by atoms with Gasteiger partial charge in [0.25, 0.3) is 0 Å². The molecule has 0 spiro atoms. The normalized spacial score (nSPS) is 11.0. The highest BCUT2D eigenvalue weighted by Crippen LogP contribution is 2.23. The molecule has 1 rings (SSSR count). The molecule has 0 saturated carbocycles. The van der Waals surface area contributed by atoms with Crippen LogP contribution in [0.1, 0.15) is 51.5 Å². The van der Waals surface area contributed by atoms with Crippen LogP contribution in [0.4, 0.5) is 22.0 Å². The van der Waals surface area contributed by atoms with Gasteiger partial charge >= 0.3 is 11.9 Å². The number of hydrogen-bond acceptors (Lipinski definition) is 4. The molecular formula is C18H21F5O4. The predicted octanol–water partition coefficient (Wildman–Crippen LogP) is 4.58. The van der Waals surface area contributed by atoms with E-state index in [0.29, 0.717) is 5.92 Å². The minimum absolute atomic E-state index is 0.0562. The molecule has 0 aliphatic heterocycles. The molecule has 0 atom stereocenters. The lowest BCUT2D eigenvalue weighted by Crippen LogP contribution is -2.12. The zero-order chi connectivity index (χ0) is 20.6. The molecule has 27 heavy (non-hydrogen) atoms. The number of esters is 2. The lowest BCUT2D eigenvalue weighted by molar-refractivity contribution is -0.146. The van der Waals surface area contributed by atoms with Crippen LogP contribution >= 0.6 is 0 Å². The first-order valence-electron chi connectivity index (χ1n) is 8.46. The zero-order valence-corrected chi connectivity index (χ0v) is 15.0. The number of ether oxygens (including phenoxy) is 2. The molecule has 9 heteroatoms. The second kappa shape index (κ2) is 10.8. The van der Waals surface area contributed by atoms with Crippen LogP contribution in [0.5, 0.6) is 0 Å². The largest absolute Gasteiger partial charge is 0.466 e. The standard InChI is InChI=1S/C18H21F5O4/c1-10(2)5-4-8-26-12(24)6-3-7-13(25)27-9-11-14(19)16(21)18(23)17(22)15(11)20/h10H,3-9H2,1-2H3. The molecule has 0 unspecified atom stereocenters. The minimum atomic E-state index is -2.29. The molecule has 0 amide bonds. The van der Waals surface area contributed by atoms with Crippen LogP contribution in [0, 0.1) is 35.0 Å². The van der Waals surface area contributed by atoms with Crippen LogP contribution in [0.15, 0.2) is 0 Å². The summed E-state index contributed by atoms with van der Waals surface area (Å²) in [6.45, 7) is 3.26. The maximum Gasteiger partial charge on any atom is 0.306 e. The summed E-state index contributed by atoms with van der Waals surface area (Å²) < 4.78 is 75.3. The van der Waals surface area contributed by atoms with Crippen molar-refractivity contribution in [1.82, 2.24) is 0 Å². The summed E-state index contributed by atoms with van der Waals surface area (Å²) in [7, 11) is 0. The van der Waals surface area contributed by atoms with E-state index in [-0.39, 0.29) is 25.9 Å². The Morgan fingerprint density at radius 2 is 1.26 bits per heavy atom. The molecule has 0 radical (unpaired) electrons. The van der Waals surface area contributed by atoms with Crippen molar-refractivity contribution in [3.05, 3.63) is 34.6 Å². The molecule has 152 valence electrons. The van der Waals surface area contributed by atoms with Crippen LogP contribution in [-0.2, 0) is 25.7 Å². The van der Waals surface area contributed by atoms with Crippen LogP contribution in [0.25, 0.3) is 0 Å². The van der Waals surface area contributed by atoms with Gasteiger partial charge < -0.3 is 9.47 Å². The van der Waals surface area contributed by atoms with E-state index in [1.54, 1.807) is 0 Å². The lowest BCUT2D eigenvalue weighted by atomic mass is 10.1. The lowest BCUT2D eigenvalue weighted by Gasteiger charge is -2.09. The molecule has 0 N–H and O–H groups in total. The first-order chi connectivity index (χ1) is 12.6. The van der Waals surface area contributed by atoms with Gasteiger partial charge in [-0.15, -0.1) is 0 Å². The highest BCUT2D eigenvalue weighted by Gasteiger charge is 2.26. The maximum atomic E-state index is 13.4. The van der Waals surface area contributed by atoms with E-state index in [9.17, 15) is 31.5 Å². The number of halogens is 5. The Kier molecular flexibility index (Phi) is 9.17. The smallest absolute Gasteiger partial charge is 0.306 e. The van der Waals surface area contributed by atoms with Crippen molar-refractivity contribution in [3.8, 4) is 0 Å². The highest BCUT2D eigenvalue weighted by atomic mass is 19.2. The van der Waals surface area contributed by atoms with Crippen LogP contribution in [0.3, 0.4) is 0 Å². The molecule has 1 aromatic carbocycles. The molecular weight excluding hydrogens is 375 g/mol. The quantitative estimate of drug-likeness (QED) is 0.191. The fourth-order valence-corrected chi connectivity index (χ4v) is 2.13. The number of benzene rings is 1. The summed E-state index contributed by atoms with van der Waals surface area (Å²) in [6, 6.07) is 0. The van der Waals surface area contributed by atoms with Gasteiger partial charge in [-0.3, -0.25) is 9.59 Å². The van der Waals surface area contributed by atoms with Crippen molar-refractivity contribution < 1.29 is 41.0 Å². The second-order valence-electron chi connectivity index (χ2n) is 6.32. The Morgan fingerprint density at radius 3 is 1.78 bits per heavy atom. The van der Waals surface area contributed by atoms with Gasteiger partial charge in [-0.05, 0) is 25.2 Å². The first kappa shape index (κ1) is 22.9. The third-order valence-corrected chi connectivity index (χ3v) is 3.63. The van der Waals surface area contributed by atoms with Crippen LogP contribution in [0.2, 0.25) is 0 Å². The predicted molar refractivity (Wildman–Crippen MR) is 84.9 cm³/mol. The monoisotopic (exact) mass is 396 g/mol. The van der Waals surface area contributed by atoms with Gasteiger partial charge in [0.15, 0.2) is 23.3 Å². The van der Waals surface area contributed by atoms with Crippen molar-refractivity contribution in [3.63, 3.8) is 0 Å². The van der Waals surface area contributed by atoms with Crippen LogP contribution < -0.4 is 0 Å². The first-order valence-corrected chi connectivity index (χ1v) is 8.46. The summed E-state index contributed by atoms with van der Waals surface area (Å²) >= 11 is 0.